The maximum Gasteiger partial charge on any atom is 0.262 e. The molecule has 1 aliphatic rings. The van der Waals surface area contributed by atoms with E-state index in [2.05, 4.69) is 9.98 Å². The van der Waals surface area contributed by atoms with E-state index >= 15 is 0 Å². The Balaban J connectivity index is 1.93. The lowest BCUT2D eigenvalue weighted by Crippen LogP contribution is -2.00. The molecule has 0 bridgehead atoms. The summed E-state index contributed by atoms with van der Waals surface area (Å²) in [5.74, 6) is 1.92. The van der Waals surface area contributed by atoms with E-state index in [1.165, 1.54) is 6.26 Å². The second-order valence-electron chi connectivity index (χ2n) is 3.50. The molecule has 0 aromatic carbocycles. The smallest absolute Gasteiger partial charge is 0.262 e. The highest BCUT2D eigenvalue weighted by Gasteiger charge is 2.13. The summed E-state index contributed by atoms with van der Waals surface area (Å²) in [4.78, 5) is 8.32. The lowest BCUT2D eigenvalue weighted by molar-refractivity contribution is 0.512. The Bertz CT molecular complexity index is 535. The highest BCUT2D eigenvalue weighted by Crippen LogP contribution is 2.22. The Morgan fingerprint density at radius 1 is 1.19 bits per heavy atom. The minimum absolute atomic E-state index is 0.498. The Morgan fingerprint density at radius 3 is 2.88 bits per heavy atom. The highest BCUT2D eigenvalue weighted by atomic mass is 16.4. The van der Waals surface area contributed by atoms with E-state index < -0.39 is 0 Å². The Morgan fingerprint density at radius 2 is 2.12 bits per heavy atom. The Kier molecular flexibility index (Phi) is 2.18. The number of aromatic nitrogens is 1. The van der Waals surface area contributed by atoms with Crippen LogP contribution in [0.25, 0.3) is 11.7 Å². The fourth-order valence-electron chi connectivity index (χ4n) is 1.64. The van der Waals surface area contributed by atoms with Crippen molar-refractivity contribution in [2.75, 3.05) is 0 Å². The van der Waals surface area contributed by atoms with E-state index in [1.807, 2.05) is 24.4 Å². The van der Waals surface area contributed by atoms with Crippen molar-refractivity contribution < 1.29 is 8.83 Å². The number of hydrogen-bond acceptors (Lipinski definition) is 4. The van der Waals surface area contributed by atoms with Crippen LogP contribution < -0.4 is 0 Å². The number of allylic oxidation sites excluding steroid dienone is 1. The van der Waals surface area contributed by atoms with Gasteiger partial charge in [0, 0.05) is 6.20 Å². The van der Waals surface area contributed by atoms with Crippen molar-refractivity contribution in [2.24, 2.45) is 4.99 Å². The van der Waals surface area contributed by atoms with Gasteiger partial charge in [-0.1, -0.05) is 6.08 Å². The van der Waals surface area contributed by atoms with Crippen LogP contribution >= 0.6 is 0 Å². The summed E-state index contributed by atoms with van der Waals surface area (Å²) in [6, 6.07) is 3.75. The third kappa shape index (κ3) is 1.58. The van der Waals surface area contributed by atoms with Crippen LogP contribution in [0.3, 0.4) is 0 Å². The molecule has 0 fully saturated rings. The van der Waals surface area contributed by atoms with Gasteiger partial charge >= 0.3 is 0 Å². The molecule has 0 amide bonds. The van der Waals surface area contributed by atoms with E-state index in [9.17, 15) is 0 Å². The van der Waals surface area contributed by atoms with Crippen molar-refractivity contribution >= 4 is 5.71 Å². The van der Waals surface area contributed by atoms with E-state index in [4.69, 9.17) is 8.83 Å². The molecule has 3 heterocycles. The summed E-state index contributed by atoms with van der Waals surface area (Å²) in [6.07, 6.45) is 8.90. The summed E-state index contributed by atoms with van der Waals surface area (Å²) in [5, 5.41) is 0. The minimum atomic E-state index is 0.498. The molecule has 0 spiro atoms. The molecule has 3 rings (SSSR count). The van der Waals surface area contributed by atoms with Gasteiger partial charge in [0.25, 0.3) is 5.89 Å². The predicted octanol–water partition coefficient (Wildman–Crippen LogP) is 3.03. The first-order valence-corrected chi connectivity index (χ1v) is 5.15. The van der Waals surface area contributed by atoms with Gasteiger partial charge in [-0.2, -0.15) is 0 Å². The largest absolute Gasteiger partial charge is 0.450 e. The quantitative estimate of drug-likeness (QED) is 0.772. The molecule has 4 nitrogen and oxygen atoms in total. The number of aliphatic imine (C=N–C) groups is 1. The van der Waals surface area contributed by atoms with Crippen LogP contribution in [0.5, 0.6) is 0 Å². The van der Waals surface area contributed by atoms with Gasteiger partial charge in [0.15, 0.2) is 5.76 Å². The van der Waals surface area contributed by atoms with Gasteiger partial charge in [-0.3, -0.25) is 4.99 Å². The highest BCUT2D eigenvalue weighted by molar-refractivity contribution is 5.99. The molecule has 0 aliphatic carbocycles. The van der Waals surface area contributed by atoms with Crippen LogP contribution in [-0.2, 0) is 0 Å². The van der Waals surface area contributed by atoms with Gasteiger partial charge in [0.2, 0.25) is 0 Å². The topological polar surface area (TPSA) is 51.5 Å². The number of rotatable bonds is 2. The van der Waals surface area contributed by atoms with Crippen molar-refractivity contribution in [3.8, 4) is 11.7 Å². The maximum atomic E-state index is 5.65. The van der Waals surface area contributed by atoms with Crippen LogP contribution in [-0.4, -0.2) is 10.7 Å². The average molecular weight is 214 g/mol. The van der Waals surface area contributed by atoms with Gasteiger partial charge in [-0.05, 0) is 25.0 Å². The van der Waals surface area contributed by atoms with Crippen LogP contribution in [0.15, 0.2) is 50.7 Å². The third-order valence-corrected chi connectivity index (χ3v) is 2.42. The zero-order chi connectivity index (χ0) is 10.8. The first-order valence-electron chi connectivity index (χ1n) is 5.15. The van der Waals surface area contributed by atoms with Gasteiger partial charge in [0.05, 0.1) is 11.9 Å². The summed E-state index contributed by atoms with van der Waals surface area (Å²) < 4.78 is 10.8. The van der Waals surface area contributed by atoms with Gasteiger partial charge < -0.3 is 8.83 Å². The molecule has 2 aromatic heterocycles. The van der Waals surface area contributed by atoms with E-state index in [0.717, 1.165) is 24.3 Å². The molecule has 0 saturated heterocycles. The van der Waals surface area contributed by atoms with Crippen LogP contribution in [0.4, 0.5) is 0 Å². The van der Waals surface area contributed by atoms with Crippen LogP contribution in [0.2, 0.25) is 0 Å². The van der Waals surface area contributed by atoms with Gasteiger partial charge in [-0.25, -0.2) is 4.98 Å². The first-order chi connectivity index (χ1) is 7.93. The maximum absolute atomic E-state index is 5.65. The predicted molar refractivity (Wildman–Crippen MR) is 59.1 cm³/mol. The molecular weight excluding hydrogens is 204 g/mol. The number of nitrogens with zero attached hydrogens (tertiary/aromatic N) is 2. The molecule has 0 unspecified atom stereocenters. The lowest BCUT2D eigenvalue weighted by atomic mass is 10.1. The van der Waals surface area contributed by atoms with Crippen molar-refractivity contribution in [2.45, 2.75) is 12.8 Å². The van der Waals surface area contributed by atoms with Crippen LogP contribution in [0.1, 0.15) is 18.6 Å². The van der Waals surface area contributed by atoms with Crippen molar-refractivity contribution in [3.05, 3.63) is 42.6 Å². The molecule has 0 N–H and O–H groups in total. The summed E-state index contributed by atoms with van der Waals surface area (Å²) >= 11 is 0. The molecular formula is C12H10N2O2. The Hall–Kier alpha value is -2.10. The Labute approximate surface area is 92.3 Å². The van der Waals surface area contributed by atoms with Crippen LogP contribution in [0, 0.1) is 0 Å². The fourth-order valence-corrected chi connectivity index (χ4v) is 1.64. The second kappa shape index (κ2) is 3.81. The molecule has 1 aliphatic heterocycles. The molecule has 0 radical (unpaired) electrons. The molecule has 4 heteroatoms. The van der Waals surface area contributed by atoms with Crippen molar-refractivity contribution in [1.29, 1.82) is 0 Å². The fraction of sp³-hybridized carbons (Fsp3) is 0.167. The zero-order valence-corrected chi connectivity index (χ0v) is 8.59. The number of hydrogen-bond donors (Lipinski definition) is 0. The van der Waals surface area contributed by atoms with E-state index in [-0.39, 0.29) is 0 Å². The molecule has 16 heavy (non-hydrogen) atoms. The van der Waals surface area contributed by atoms with Gasteiger partial charge in [-0.15, -0.1) is 0 Å². The molecule has 0 atom stereocenters. The standard InChI is InChI=1S/C12H10N2O2/c1-2-6-13-9(3-1)10-4-5-11(16-10)12-14-7-8-15-12/h2,4-8H,1,3H2. The molecule has 80 valence electrons. The number of furan rings is 1. The summed E-state index contributed by atoms with van der Waals surface area (Å²) in [6.45, 7) is 0. The third-order valence-electron chi connectivity index (χ3n) is 2.42. The van der Waals surface area contributed by atoms with E-state index in [1.54, 1.807) is 6.20 Å². The van der Waals surface area contributed by atoms with Crippen molar-refractivity contribution in [3.63, 3.8) is 0 Å². The van der Waals surface area contributed by atoms with Gasteiger partial charge in [0.1, 0.15) is 12.0 Å². The number of oxazole rings is 1. The minimum Gasteiger partial charge on any atom is -0.450 e. The molecule has 0 saturated carbocycles. The second-order valence-corrected chi connectivity index (χ2v) is 3.50. The zero-order valence-electron chi connectivity index (χ0n) is 8.59. The first kappa shape index (κ1) is 9.15. The molecule has 2 aromatic rings. The summed E-state index contributed by atoms with van der Waals surface area (Å²) in [7, 11) is 0. The van der Waals surface area contributed by atoms with Crippen molar-refractivity contribution in [1.82, 2.24) is 4.98 Å². The van der Waals surface area contributed by atoms with E-state index in [0.29, 0.717) is 11.7 Å². The monoisotopic (exact) mass is 214 g/mol. The average Bonchev–Trinajstić information content (AvgIpc) is 3.01. The SMILES string of the molecule is C1=CN=C(c2ccc(-c3ncco3)o2)CC1. The lowest BCUT2D eigenvalue weighted by Gasteiger charge is -2.03. The summed E-state index contributed by atoms with van der Waals surface area (Å²) in [5.41, 5.74) is 0.973. The normalized spacial score (nSPS) is 15.1.